The highest BCUT2D eigenvalue weighted by molar-refractivity contribution is 6.33. The molecule has 0 bridgehead atoms. The van der Waals surface area contributed by atoms with Crippen LogP contribution in [0.4, 0.5) is 14.5 Å². The molecule has 7 heteroatoms. The highest BCUT2D eigenvalue weighted by Crippen LogP contribution is 2.31. The Labute approximate surface area is 185 Å². The predicted octanol–water partition coefficient (Wildman–Crippen LogP) is 5.75. The smallest absolute Gasteiger partial charge is 0.128 e. The van der Waals surface area contributed by atoms with E-state index in [4.69, 9.17) is 17.3 Å². The first kappa shape index (κ1) is 21.7. The van der Waals surface area contributed by atoms with Crippen molar-refractivity contribution >= 4 is 17.3 Å². The summed E-state index contributed by atoms with van der Waals surface area (Å²) < 4.78 is 27.3. The molecule has 1 fully saturated rings. The van der Waals surface area contributed by atoms with E-state index < -0.39 is 11.6 Å². The molecule has 2 heterocycles. The Bertz CT molecular complexity index is 1050. The van der Waals surface area contributed by atoms with Crippen LogP contribution in [0, 0.1) is 17.6 Å². The van der Waals surface area contributed by atoms with Crippen molar-refractivity contribution in [3.63, 3.8) is 0 Å². The van der Waals surface area contributed by atoms with Gasteiger partial charge in [0, 0.05) is 53.6 Å². The van der Waals surface area contributed by atoms with Crippen molar-refractivity contribution in [2.75, 3.05) is 5.32 Å². The van der Waals surface area contributed by atoms with Gasteiger partial charge < -0.3 is 11.1 Å². The minimum atomic E-state index is -0.471. The number of hydrogen-bond donors (Lipinski definition) is 2. The lowest BCUT2D eigenvalue weighted by Gasteiger charge is -2.25. The molecule has 4 nitrogen and oxygen atoms in total. The molecule has 0 saturated heterocycles. The molecule has 0 atom stereocenters. The van der Waals surface area contributed by atoms with Crippen LogP contribution in [0.3, 0.4) is 0 Å². The Morgan fingerprint density at radius 3 is 2.65 bits per heavy atom. The van der Waals surface area contributed by atoms with Gasteiger partial charge in [-0.15, -0.1) is 0 Å². The van der Waals surface area contributed by atoms with Crippen LogP contribution in [-0.2, 0) is 13.0 Å². The van der Waals surface area contributed by atoms with E-state index in [-0.39, 0.29) is 12.1 Å². The Balaban J connectivity index is 1.49. The second-order valence-corrected chi connectivity index (χ2v) is 8.60. The highest BCUT2D eigenvalue weighted by atomic mass is 35.5. The summed E-state index contributed by atoms with van der Waals surface area (Å²) in [7, 11) is 0. The first-order valence-corrected chi connectivity index (χ1v) is 10.9. The van der Waals surface area contributed by atoms with E-state index in [1.54, 1.807) is 18.6 Å². The SMILES string of the molecule is NC1CCC(Cc2cc(-c3cncc(NCc4cc(F)ccc4F)c3)c(Cl)cn2)CC1. The number of hydrogen-bond acceptors (Lipinski definition) is 4. The average Bonchev–Trinajstić information content (AvgIpc) is 2.77. The van der Waals surface area contributed by atoms with Gasteiger partial charge in [-0.2, -0.15) is 0 Å². The zero-order valence-corrected chi connectivity index (χ0v) is 17.9. The number of pyridine rings is 2. The molecule has 0 radical (unpaired) electrons. The Hall–Kier alpha value is -2.57. The minimum absolute atomic E-state index is 0.147. The van der Waals surface area contributed by atoms with Gasteiger partial charge in [0.2, 0.25) is 0 Å². The van der Waals surface area contributed by atoms with Gasteiger partial charge in [-0.1, -0.05) is 11.6 Å². The average molecular weight is 443 g/mol. The largest absolute Gasteiger partial charge is 0.380 e. The molecule has 0 spiro atoms. The van der Waals surface area contributed by atoms with Gasteiger partial charge in [-0.25, -0.2) is 8.78 Å². The summed E-state index contributed by atoms with van der Waals surface area (Å²) in [5.41, 5.74) is 9.65. The predicted molar refractivity (Wildman–Crippen MR) is 120 cm³/mol. The molecule has 0 aliphatic heterocycles. The van der Waals surface area contributed by atoms with Gasteiger partial charge in [-0.3, -0.25) is 9.97 Å². The third-order valence-corrected chi connectivity index (χ3v) is 6.14. The summed E-state index contributed by atoms with van der Waals surface area (Å²) in [4.78, 5) is 8.80. The van der Waals surface area contributed by atoms with Gasteiger partial charge in [0.05, 0.1) is 10.7 Å². The number of halogens is 3. The van der Waals surface area contributed by atoms with Crippen molar-refractivity contribution in [3.8, 4) is 11.1 Å². The molecular weight excluding hydrogens is 418 g/mol. The summed E-state index contributed by atoms with van der Waals surface area (Å²) in [5.74, 6) is -0.335. The number of nitrogens with zero attached hydrogens (tertiary/aromatic N) is 2. The maximum Gasteiger partial charge on any atom is 0.128 e. The van der Waals surface area contributed by atoms with E-state index in [1.807, 2.05) is 12.1 Å². The zero-order valence-electron chi connectivity index (χ0n) is 17.1. The third-order valence-electron chi connectivity index (χ3n) is 5.84. The molecule has 3 N–H and O–H groups in total. The van der Waals surface area contributed by atoms with Gasteiger partial charge in [0.25, 0.3) is 0 Å². The van der Waals surface area contributed by atoms with Gasteiger partial charge in [-0.05, 0) is 68.4 Å². The van der Waals surface area contributed by atoms with E-state index in [1.165, 1.54) is 6.07 Å². The van der Waals surface area contributed by atoms with E-state index in [2.05, 4.69) is 15.3 Å². The molecule has 0 unspecified atom stereocenters. The van der Waals surface area contributed by atoms with Gasteiger partial charge in [0.15, 0.2) is 0 Å². The maximum absolute atomic E-state index is 13.9. The van der Waals surface area contributed by atoms with Crippen molar-refractivity contribution in [2.45, 2.75) is 44.7 Å². The van der Waals surface area contributed by atoms with Crippen LogP contribution in [0.5, 0.6) is 0 Å². The highest BCUT2D eigenvalue weighted by Gasteiger charge is 2.20. The monoisotopic (exact) mass is 442 g/mol. The van der Waals surface area contributed by atoms with Crippen LogP contribution in [0.2, 0.25) is 5.02 Å². The number of nitrogens with one attached hydrogen (secondary N) is 1. The summed E-state index contributed by atoms with van der Waals surface area (Å²) >= 11 is 6.44. The molecule has 162 valence electrons. The lowest BCUT2D eigenvalue weighted by molar-refractivity contribution is 0.323. The normalized spacial score (nSPS) is 18.7. The van der Waals surface area contributed by atoms with Crippen molar-refractivity contribution in [1.29, 1.82) is 0 Å². The van der Waals surface area contributed by atoms with Crippen molar-refractivity contribution < 1.29 is 8.78 Å². The molecule has 0 amide bonds. The molecule has 3 aromatic rings. The van der Waals surface area contributed by atoms with Crippen LogP contribution >= 0.6 is 11.6 Å². The van der Waals surface area contributed by atoms with E-state index in [9.17, 15) is 8.78 Å². The number of aromatic nitrogens is 2. The molecule has 2 aromatic heterocycles. The lowest BCUT2D eigenvalue weighted by Crippen LogP contribution is -2.27. The van der Waals surface area contributed by atoms with E-state index in [0.29, 0.717) is 22.7 Å². The summed E-state index contributed by atoms with van der Waals surface area (Å²) in [5, 5.41) is 3.65. The topological polar surface area (TPSA) is 63.8 Å². The van der Waals surface area contributed by atoms with Crippen molar-refractivity contribution in [3.05, 3.63) is 76.8 Å². The molecule has 1 saturated carbocycles. The molecule has 1 aliphatic rings. The first-order chi connectivity index (χ1) is 15.0. The zero-order chi connectivity index (χ0) is 21.8. The number of rotatable bonds is 6. The van der Waals surface area contributed by atoms with Crippen LogP contribution in [0.15, 0.2) is 48.9 Å². The Morgan fingerprint density at radius 2 is 1.84 bits per heavy atom. The van der Waals surface area contributed by atoms with Crippen LogP contribution in [-0.4, -0.2) is 16.0 Å². The fraction of sp³-hybridized carbons (Fsp3) is 0.333. The number of nitrogens with two attached hydrogens (primary N) is 1. The second-order valence-electron chi connectivity index (χ2n) is 8.19. The maximum atomic E-state index is 13.9. The standard InChI is InChI=1S/C24H25ClF2N4/c25-23-14-31-20(7-15-1-4-19(28)5-2-15)10-22(23)16-9-21(13-29-11-16)30-12-17-8-18(26)3-6-24(17)27/h3,6,8-11,13-15,19,30H,1-2,4-5,7,12,28H2. The number of anilines is 1. The Morgan fingerprint density at radius 1 is 1.03 bits per heavy atom. The first-order valence-electron chi connectivity index (χ1n) is 10.5. The lowest BCUT2D eigenvalue weighted by atomic mass is 9.83. The van der Waals surface area contributed by atoms with Crippen molar-refractivity contribution in [1.82, 2.24) is 9.97 Å². The summed E-state index contributed by atoms with van der Waals surface area (Å²) in [6.07, 6.45) is 10.3. The van der Waals surface area contributed by atoms with Crippen LogP contribution in [0.25, 0.3) is 11.1 Å². The van der Waals surface area contributed by atoms with E-state index >= 15 is 0 Å². The summed E-state index contributed by atoms with van der Waals surface area (Å²) in [6.45, 7) is 0.147. The number of benzene rings is 1. The molecule has 1 aromatic carbocycles. The van der Waals surface area contributed by atoms with Gasteiger partial charge in [0.1, 0.15) is 11.6 Å². The quantitative estimate of drug-likeness (QED) is 0.510. The Kier molecular flexibility index (Phi) is 6.78. The van der Waals surface area contributed by atoms with Crippen LogP contribution < -0.4 is 11.1 Å². The fourth-order valence-corrected chi connectivity index (χ4v) is 4.28. The molecule has 1 aliphatic carbocycles. The van der Waals surface area contributed by atoms with Crippen molar-refractivity contribution in [2.24, 2.45) is 11.7 Å². The fourth-order valence-electron chi connectivity index (χ4n) is 4.06. The minimum Gasteiger partial charge on any atom is -0.380 e. The van der Waals surface area contributed by atoms with E-state index in [0.717, 1.165) is 61.1 Å². The van der Waals surface area contributed by atoms with Gasteiger partial charge >= 0.3 is 0 Å². The third kappa shape index (κ3) is 5.57. The summed E-state index contributed by atoms with van der Waals surface area (Å²) in [6, 6.07) is 7.65. The molecular formula is C24H25ClF2N4. The molecule has 4 rings (SSSR count). The van der Waals surface area contributed by atoms with Crippen LogP contribution in [0.1, 0.15) is 36.9 Å². The molecule has 31 heavy (non-hydrogen) atoms. The second kappa shape index (κ2) is 9.71.